The topological polar surface area (TPSA) is 70.6 Å². The summed E-state index contributed by atoms with van der Waals surface area (Å²) in [7, 11) is 0. The van der Waals surface area contributed by atoms with Crippen molar-refractivity contribution in [2.45, 2.75) is 38.5 Å². The summed E-state index contributed by atoms with van der Waals surface area (Å²) in [6.07, 6.45) is 7.50. The summed E-state index contributed by atoms with van der Waals surface area (Å²) in [5.74, 6) is 0.933. The normalized spacial score (nSPS) is 14.9. The van der Waals surface area contributed by atoms with Crippen LogP contribution in [0.2, 0.25) is 0 Å². The molecule has 102 valence electrons. The summed E-state index contributed by atoms with van der Waals surface area (Å²) >= 11 is 1.87. The molecule has 0 saturated heterocycles. The van der Waals surface area contributed by atoms with Crippen LogP contribution in [0.3, 0.4) is 0 Å². The summed E-state index contributed by atoms with van der Waals surface area (Å²) in [5.41, 5.74) is 2.75. The van der Waals surface area contributed by atoms with Gasteiger partial charge in [0.1, 0.15) is 5.71 Å². The molecule has 0 unspecified atom stereocenters. The minimum atomic E-state index is -0.154. The van der Waals surface area contributed by atoms with Gasteiger partial charge < -0.3 is 5.32 Å². The predicted octanol–water partition coefficient (Wildman–Crippen LogP) is 1.29. The van der Waals surface area contributed by atoms with Gasteiger partial charge in [0.15, 0.2) is 0 Å². The number of carbonyl (C=O) groups excluding carboxylic acids is 2. The number of carbonyl (C=O) groups is 2. The summed E-state index contributed by atoms with van der Waals surface area (Å²) in [5, 5.41) is 6.58. The minimum Gasteiger partial charge on any atom is -0.351 e. The Morgan fingerprint density at radius 3 is 2.78 bits per heavy atom. The molecular weight excluding hydrogens is 250 g/mol. The molecule has 0 fully saturated rings. The number of hydrogen-bond donors (Lipinski definition) is 2. The van der Waals surface area contributed by atoms with E-state index in [2.05, 4.69) is 22.1 Å². The van der Waals surface area contributed by atoms with Crippen LogP contribution < -0.4 is 10.7 Å². The Balaban J connectivity index is 2.05. The molecule has 0 aromatic carbocycles. The van der Waals surface area contributed by atoms with Gasteiger partial charge in [-0.2, -0.15) is 16.9 Å². The first-order chi connectivity index (χ1) is 8.74. The first-order valence-corrected chi connectivity index (χ1v) is 7.76. The summed E-state index contributed by atoms with van der Waals surface area (Å²) < 4.78 is 0. The molecule has 0 spiro atoms. The number of hydrogen-bond acceptors (Lipinski definition) is 4. The Hall–Kier alpha value is -1.04. The number of thioether (sulfide) groups is 1. The van der Waals surface area contributed by atoms with Gasteiger partial charge in [-0.25, -0.2) is 5.43 Å². The molecule has 0 saturated carbocycles. The average Bonchev–Trinajstić information content (AvgIpc) is 2.38. The SMILES string of the molecule is CSCCCCCCNC(=O)C1=NNC(=O)CC1. The Kier molecular flexibility index (Phi) is 7.48. The maximum absolute atomic E-state index is 11.6. The molecule has 0 atom stereocenters. The molecule has 5 nitrogen and oxygen atoms in total. The summed E-state index contributed by atoms with van der Waals surface area (Å²) in [6, 6.07) is 0. The van der Waals surface area contributed by atoms with Crippen LogP contribution in [0, 0.1) is 0 Å². The van der Waals surface area contributed by atoms with Gasteiger partial charge in [-0.05, 0) is 24.9 Å². The Morgan fingerprint density at radius 1 is 1.33 bits per heavy atom. The zero-order chi connectivity index (χ0) is 13.2. The fraction of sp³-hybridized carbons (Fsp3) is 0.750. The molecule has 0 radical (unpaired) electrons. The first kappa shape index (κ1) is 15.0. The van der Waals surface area contributed by atoms with Gasteiger partial charge in [0.2, 0.25) is 5.91 Å². The molecule has 0 bridgehead atoms. The van der Waals surface area contributed by atoms with Gasteiger partial charge in [-0.3, -0.25) is 9.59 Å². The molecular formula is C12H21N3O2S. The maximum atomic E-state index is 11.6. The van der Waals surface area contributed by atoms with Gasteiger partial charge in [0.25, 0.3) is 5.91 Å². The van der Waals surface area contributed by atoms with Crippen LogP contribution in [-0.4, -0.2) is 36.1 Å². The Bertz CT molecular complexity index is 318. The number of rotatable bonds is 8. The van der Waals surface area contributed by atoms with Gasteiger partial charge in [-0.1, -0.05) is 12.8 Å². The molecule has 1 rings (SSSR count). The zero-order valence-corrected chi connectivity index (χ0v) is 11.6. The van der Waals surface area contributed by atoms with Gasteiger partial charge in [0.05, 0.1) is 0 Å². The quantitative estimate of drug-likeness (QED) is 0.654. The first-order valence-electron chi connectivity index (χ1n) is 6.36. The van der Waals surface area contributed by atoms with Gasteiger partial charge >= 0.3 is 0 Å². The molecule has 0 aromatic heterocycles. The Morgan fingerprint density at radius 2 is 2.11 bits per heavy atom. The molecule has 2 N–H and O–H groups in total. The van der Waals surface area contributed by atoms with E-state index in [1.165, 1.54) is 18.6 Å². The predicted molar refractivity (Wildman–Crippen MR) is 74.7 cm³/mol. The number of amides is 2. The highest BCUT2D eigenvalue weighted by atomic mass is 32.2. The third-order valence-corrected chi connectivity index (χ3v) is 3.42. The lowest BCUT2D eigenvalue weighted by molar-refractivity contribution is -0.121. The third-order valence-electron chi connectivity index (χ3n) is 2.73. The molecule has 1 aliphatic rings. The van der Waals surface area contributed by atoms with Crippen molar-refractivity contribution in [3.05, 3.63) is 0 Å². The van der Waals surface area contributed by atoms with E-state index in [1.807, 2.05) is 11.8 Å². The molecule has 0 aromatic rings. The lowest BCUT2D eigenvalue weighted by Crippen LogP contribution is -2.37. The number of unbranched alkanes of at least 4 members (excludes halogenated alkanes) is 3. The van der Waals surface area contributed by atoms with E-state index in [9.17, 15) is 9.59 Å². The van der Waals surface area contributed by atoms with Crippen molar-refractivity contribution in [1.82, 2.24) is 10.7 Å². The fourth-order valence-electron chi connectivity index (χ4n) is 1.67. The second-order valence-electron chi connectivity index (χ2n) is 4.26. The van der Waals surface area contributed by atoms with Crippen molar-refractivity contribution in [1.29, 1.82) is 0 Å². The van der Waals surface area contributed by atoms with E-state index < -0.39 is 0 Å². The summed E-state index contributed by atoms with van der Waals surface area (Å²) in [4.78, 5) is 22.5. The monoisotopic (exact) mass is 271 g/mol. The summed E-state index contributed by atoms with van der Waals surface area (Å²) in [6.45, 7) is 0.686. The standard InChI is InChI=1S/C12H21N3O2S/c1-18-9-5-3-2-4-8-13-12(17)10-6-7-11(16)15-14-10/h2-9H2,1H3,(H,13,17)(H,15,16). The van der Waals surface area contributed by atoms with Crippen molar-refractivity contribution >= 4 is 29.3 Å². The van der Waals surface area contributed by atoms with E-state index in [-0.39, 0.29) is 11.8 Å². The van der Waals surface area contributed by atoms with Crippen LogP contribution in [0.4, 0.5) is 0 Å². The lowest BCUT2D eigenvalue weighted by Gasteiger charge is -2.11. The molecule has 0 aliphatic carbocycles. The second-order valence-corrected chi connectivity index (χ2v) is 5.24. The highest BCUT2D eigenvalue weighted by Crippen LogP contribution is 2.04. The number of hydrazone groups is 1. The molecule has 6 heteroatoms. The van der Waals surface area contributed by atoms with Crippen LogP contribution in [-0.2, 0) is 9.59 Å². The van der Waals surface area contributed by atoms with E-state index in [0.717, 1.165) is 12.8 Å². The van der Waals surface area contributed by atoms with Crippen LogP contribution in [0.5, 0.6) is 0 Å². The maximum Gasteiger partial charge on any atom is 0.267 e. The highest BCUT2D eigenvalue weighted by molar-refractivity contribution is 7.98. The van der Waals surface area contributed by atoms with Gasteiger partial charge in [-0.15, -0.1) is 0 Å². The second kappa shape index (κ2) is 8.97. The van der Waals surface area contributed by atoms with Crippen LogP contribution in [0.1, 0.15) is 38.5 Å². The molecule has 2 amide bonds. The highest BCUT2D eigenvalue weighted by Gasteiger charge is 2.17. The Labute approximate surface area is 112 Å². The molecule has 1 heterocycles. The number of nitrogens with zero attached hydrogens (tertiary/aromatic N) is 1. The van der Waals surface area contributed by atoms with Crippen molar-refractivity contribution in [3.8, 4) is 0 Å². The van der Waals surface area contributed by atoms with E-state index in [4.69, 9.17) is 0 Å². The van der Waals surface area contributed by atoms with Crippen molar-refractivity contribution in [2.24, 2.45) is 5.10 Å². The van der Waals surface area contributed by atoms with E-state index >= 15 is 0 Å². The fourth-order valence-corrected chi connectivity index (χ4v) is 2.16. The smallest absolute Gasteiger partial charge is 0.267 e. The van der Waals surface area contributed by atoms with Crippen molar-refractivity contribution < 1.29 is 9.59 Å². The van der Waals surface area contributed by atoms with E-state index in [0.29, 0.717) is 25.1 Å². The molecule has 18 heavy (non-hydrogen) atoms. The largest absolute Gasteiger partial charge is 0.351 e. The third kappa shape index (κ3) is 6.05. The zero-order valence-electron chi connectivity index (χ0n) is 10.8. The average molecular weight is 271 g/mol. The lowest BCUT2D eigenvalue weighted by atomic mass is 10.1. The van der Waals surface area contributed by atoms with Crippen molar-refractivity contribution in [2.75, 3.05) is 18.6 Å². The van der Waals surface area contributed by atoms with Crippen LogP contribution in [0.25, 0.3) is 0 Å². The molecule has 1 aliphatic heterocycles. The van der Waals surface area contributed by atoms with Crippen molar-refractivity contribution in [3.63, 3.8) is 0 Å². The van der Waals surface area contributed by atoms with Crippen LogP contribution in [0.15, 0.2) is 5.10 Å². The van der Waals surface area contributed by atoms with Gasteiger partial charge in [0, 0.05) is 19.4 Å². The minimum absolute atomic E-state index is 0.125. The number of nitrogens with one attached hydrogen (secondary N) is 2. The van der Waals surface area contributed by atoms with Crippen LogP contribution >= 0.6 is 11.8 Å². The van der Waals surface area contributed by atoms with E-state index in [1.54, 1.807) is 0 Å².